The number of hydrogen-bond donors (Lipinski definition) is 1. The first-order chi connectivity index (χ1) is 6.02. The monoisotopic (exact) mass is 281 g/mol. The first kappa shape index (κ1) is 13.6. The topological polar surface area (TPSA) is 60.2 Å². The van der Waals surface area contributed by atoms with Crippen LogP contribution in [0.25, 0.3) is 0 Å². The number of hydrogen-bond acceptors (Lipinski definition) is 4. The average Bonchev–Trinajstić information content (AvgIpc) is 2.04. The van der Waals surface area contributed by atoms with Gasteiger partial charge in [-0.25, -0.2) is 0 Å². The molecule has 1 aromatic rings. The average molecular weight is 283 g/mol. The molecule has 1 rings (SSSR count). The van der Waals surface area contributed by atoms with Crippen molar-refractivity contribution in [1.82, 2.24) is 0 Å². The molecule has 0 aromatic heterocycles. The van der Waals surface area contributed by atoms with Crippen LogP contribution in [0.2, 0.25) is 0 Å². The van der Waals surface area contributed by atoms with Crippen LogP contribution >= 0.6 is 24.2 Å². The van der Waals surface area contributed by atoms with Crippen LogP contribution in [0.15, 0.2) is 23.1 Å². The maximum atomic E-state index is 10.6. The number of halogens is 1. The number of carbonyl (C=O) groups excluding carboxylic acids is 1. The van der Waals surface area contributed by atoms with E-state index in [9.17, 15) is 14.9 Å². The van der Waals surface area contributed by atoms with E-state index >= 15 is 0 Å². The second-order valence-corrected chi connectivity index (χ2v) is 3.06. The van der Waals surface area contributed by atoms with Crippen molar-refractivity contribution in [2.45, 2.75) is 4.90 Å². The van der Waals surface area contributed by atoms with Gasteiger partial charge in [0, 0.05) is 11.6 Å². The smallest absolute Gasteiger partial charge is 0.276 e. The van der Waals surface area contributed by atoms with E-state index in [1.54, 1.807) is 0 Å². The Labute approximate surface area is 103 Å². The van der Waals surface area contributed by atoms with Crippen molar-refractivity contribution in [3.05, 3.63) is 33.9 Å². The Hall–Kier alpha value is -0.447. The summed E-state index contributed by atoms with van der Waals surface area (Å²) in [6, 6.07) is 3.83. The Kier molecular flexibility index (Phi) is 5.26. The molecule has 0 saturated carbocycles. The van der Waals surface area contributed by atoms with Gasteiger partial charge in [-0.05, 0) is 23.7 Å². The van der Waals surface area contributed by atoms with Crippen molar-refractivity contribution in [1.29, 1.82) is 0 Å². The third-order valence-corrected chi connectivity index (χ3v) is 2.00. The molecule has 0 bridgehead atoms. The minimum Gasteiger partial charge on any atom is -0.276 e. The Bertz CT molecular complexity index is 385. The molecule has 0 aliphatic heterocycles. The summed E-state index contributed by atoms with van der Waals surface area (Å²) in [6.45, 7) is 0. The van der Waals surface area contributed by atoms with E-state index in [0.717, 1.165) is 6.07 Å². The molecule has 0 spiro atoms. The molecule has 1 aromatic carbocycles. The molecule has 0 amide bonds. The summed E-state index contributed by atoms with van der Waals surface area (Å²) in [5.41, 5.74) is -0.138. The van der Waals surface area contributed by atoms with E-state index < -0.39 is 10.2 Å². The van der Waals surface area contributed by atoms with E-state index in [-0.39, 0.29) is 35.6 Å². The zero-order valence-electron chi connectivity index (χ0n) is 6.94. The Morgan fingerprint density at radius 1 is 1.50 bits per heavy atom. The number of nitro benzene ring substituents is 1. The molecule has 0 aliphatic carbocycles. The maximum Gasteiger partial charge on any atom is 2.00 e. The molecular weight excluding hydrogens is 279 g/mol. The minimum absolute atomic E-state index is 0. The van der Waals surface area contributed by atoms with Crippen molar-refractivity contribution < 1.29 is 29.2 Å². The zero-order chi connectivity index (χ0) is 10.0. The largest absolute Gasteiger partial charge is 2.00 e. The summed E-state index contributed by atoms with van der Waals surface area (Å²) in [5.74, 6) is 0. The van der Waals surface area contributed by atoms with Gasteiger partial charge in [0.15, 0.2) is 0 Å². The van der Waals surface area contributed by atoms with E-state index in [4.69, 9.17) is 11.6 Å². The molecule has 0 N–H and O–H groups in total. The second-order valence-electron chi connectivity index (χ2n) is 2.23. The molecule has 68 valence electrons. The number of benzene rings is 1. The van der Waals surface area contributed by atoms with E-state index in [2.05, 4.69) is 12.6 Å². The molecule has 0 saturated heterocycles. The Balaban J connectivity index is 0.00000169. The molecule has 0 radical (unpaired) electrons. The first-order valence-electron chi connectivity index (χ1n) is 3.19. The van der Waals surface area contributed by atoms with E-state index in [0.29, 0.717) is 0 Å². The molecular formula is C7H4ClNO3SZn+2. The quantitative estimate of drug-likeness (QED) is 0.298. The number of thiol groups is 1. The number of carbonyl (C=O) groups is 1. The van der Waals surface area contributed by atoms with Gasteiger partial charge in [-0.1, -0.05) is 0 Å². The van der Waals surface area contributed by atoms with Crippen LogP contribution in [0.5, 0.6) is 0 Å². The summed E-state index contributed by atoms with van der Waals surface area (Å²) in [5, 5.41) is 9.67. The van der Waals surface area contributed by atoms with Gasteiger partial charge in [0.2, 0.25) is 0 Å². The molecule has 0 aliphatic rings. The molecule has 0 fully saturated rings. The third kappa shape index (κ3) is 3.05. The van der Waals surface area contributed by atoms with Gasteiger partial charge >= 0.3 is 19.5 Å². The van der Waals surface area contributed by atoms with Crippen molar-refractivity contribution in [2.24, 2.45) is 0 Å². The molecule has 0 unspecified atom stereocenters. The summed E-state index contributed by atoms with van der Waals surface area (Å²) >= 11 is 9.00. The van der Waals surface area contributed by atoms with Crippen LogP contribution in [-0.2, 0) is 19.5 Å². The zero-order valence-corrected chi connectivity index (χ0v) is 11.6. The first-order valence-corrected chi connectivity index (χ1v) is 4.02. The summed E-state index contributed by atoms with van der Waals surface area (Å²) in [7, 11) is 0. The second kappa shape index (κ2) is 5.44. The van der Waals surface area contributed by atoms with Gasteiger partial charge < -0.3 is 0 Å². The van der Waals surface area contributed by atoms with Crippen LogP contribution in [0.1, 0.15) is 10.4 Å². The Morgan fingerprint density at radius 3 is 2.50 bits per heavy atom. The van der Waals surface area contributed by atoms with Crippen molar-refractivity contribution in [3.63, 3.8) is 0 Å². The minimum atomic E-state index is -0.726. The summed E-state index contributed by atoms with van der Waals surface area (Å²) in [4.78, 5) is 20.6. The molecule has 14 heavy (non-hydrogen) atoms. The molecule has 0 heterocycles. The van der Waals surface area contributed by atoms with Gasteiger partial charge in [-0.15, -0.1) is 12.6 Å². The molecule has 7 heteroatoms. The maximum absolute atomic E-state index is 10.6. The van der Waals surface area contributed by atoms with Gasteiger partial charge in [0.1, 0.15) is 0 Å². The standard InChI is InChI=1S/C7H4ClNO3S.Zn/c8-7(10)4-1-2-6(13)5(3-4)9(11)12;/h1-3,13H;/q;+2. The van der Waals surface area contributed by atoms with Crippen LogP contribution in [0.3, 0.4) is 0 Å². The van der Waals surface area contributed by atoms with Crippen LogP contribution < -0.4 is 0 Å². The summed E-state index contributed by atoms with van der Waals surface area (Å²) < 4.78 is 0. The SMILES string of the molecule is O=C(Cl)c1ccc(S)c([N+](=O)[O-])c1.[Zn+2]. The molecule has 0 atom stereocenters. The van der Waals surface area contributed by atoms with Gasteiger partial charge in [-0.2, -0.15) is 0 Å². The molecule has 4 nitrogen and oxygen atoms in total. The van der Waals surface area contributed by atoms with E-state index in [1.807, 2.05) is 0 Å². The fourth-order valence-corrected chi connectivity index (χ4v) is 1.13. The normalized spacial score (nSPS) is 9.00. The predicted molar refractivity (Wildman–Crippen MR) is 50.5 cm³/mol. The van der Waals surface area contributed by atoms with Crippen LogP contribution in [0, 0.1) is 10.1 Å². The van der Waals surface area contributed by atoms with Crippen molar-refractivity contribution >= 4 is 35.2 Å². The number of nitrogens with zero attached hydrogens (tertiary/aromatic N) is 1. The summed E-state index contributed by atoms with van der Waals surface area (Å²) in [6.07, 6.45) is 0. The van der Waals surface area contributed by atoms with E-state index in [1.165, 1.54) is 12.1 Å². The number of nitro groups is 1. The van der Waals surface area contributed by atoms with Crippen LogP contribution in [0.4, 0.5) is 5.69 Å². The van der Waals surface area contributed by atoms with Gasteiger partial charge in [0.25, 0.3) is 10.9 Å². The Morgan fingerprint density at radius 2 is 2.07 bits per heavy atom. The predicted octanol–water partition coefficient (Wildman–Crippen LogP) is 2.26. The van der Waals surface area contributed by atoms with Gasteiger partial charge in [0.05, 0.1) is 9.82 Å². The van der Waals surface area contributed by atoms with Crippen molar-refractivity contribution in [2.75, 3.05) is 0 Å². The fraction of sp³-hybridized carbons (Fsp3) is 0. The van der Waals surface area contributed by atoms with Gasteiger partial charge in [-0.3, -0.25) is 14.9 Å². The third-order valence-electron chi connectivity index (χ3n) is 1.40. The van der Waals surface area contributed by atoms with Crippen LogP contribution in [-0.4, -0.2) is 10.2 Å². The number of rotatable bonds is 2. The van der Waals surface area contributed by atoms with Crippen molar-refractivity contribution in [3.8, 4) is 0 Å². The fourth-order valence-electron chi connectivity index (χ4n) is 0.792.